The van der Waals surface area contributed by atoms with Gasteiger partial charge >= 0.3 is 5.97 Å². The number of rotatable bonds is 8. The monoisotopic (exact) mass is 327 g/mol. The molecule has 1 atom stereocenters. The minimum atomic E-state index is -1.01. The normalized spacial score (nSPS) is 12.0. The van der Waals surface area contributed by atoms with Crippen LogP contribution >= 0.6 is 11.6 Å². The van der Waals surface area contributed by atoms with Crippen molar-refractivity contribution in [3.8, 4) is 5.75 Å². The number of carbonyl (C=O) groups is 2. The van der Waals surface area contributed by atoms with Gasteiger partial charge in [-0.05, 0) is 42.5 Å². The molecule has 0 fully saturated rings. The Labute approximate surface area is 135 Å². The van der Waals surface area contributed by atoms with E-state index < -0.39 is 12.0 Å². The molecule has 5 nitrogen and oxygen atoms in total. The van der Waals surface area contributed by atoms with Crippen LogP contribution in [0.15, 0.2) is 18.2 Å². The first-order chi connectivity index (χ1) is 10.3. The largest absolute Gasteiger partial charge is 0.496 e. The van der Waals surface area contributed by atoms with E-state index in [0.717, 1.165) is 5.56 Å². The highest BCUT2D eigenvalue weighted by atomic mass is 35.5. The predicted octanol–water partition coefficient (Wildman–Crippen LogP) is 2.90. The second-order valence-electron chi connectivity index (χ2n) is 5.54. The van der Waals surface area contributed by atoms with Gasteiger partial charge < -0.3 is 15.2 Å². The number of benzene rings is 1. The minimum absolute atomic E-state index is 0.179. The second-order valence-corrected chi connectivity index (χ2v) is 5.98. The molecule has 0 heterocycles. The zero-order valence-corrected chi connectivity index (χ0v) is 13.8. The SMILES string of the molecule is COc1ccc(Cl)cc1CCC(=O)NC(CC(C)C)C(=O)O. The highest BCUT2D eigenvalue weighted by molar-refractivity contribution is 6.30. The number of halogens is 1. The van der Waals surface area contributed by atoms with Crippen LogP contribution < -0.4 is 10.1 Å². The highest BCUT2D eigenvalue weighted by Crippen LogP contribution is 2.23. The van der Waals surface area contributed by atoms with Gasteiger partial charge in [0.25, 0.3) is 0 Å². The summed E-state index contributed by atoms with van der Waals surface area (Å²) < 4.78 is 5.22. The van der Waals surface area contributed by atoms with Gasteiger partial charge in [-0.2, -0.15) is 0 Å². The topological polar surface area (TPSA) is 75.6 Å². The van der Waals surface area contributed by atoms with E-state index in [1.165, 1.54) is 0 Å². The van der Waals surface area contributed by atoms with Crippen molar-refractivity contribution < 1.29 is 19.4 Å². The van der Waals surface area contributed by atoms with Crippen LogP contribution in [0.25, 0.3) is 0 Å². The van der Waals surface area contributed by atoms with Gasteiger partial charge in [-0.25, -0.2) is 4.79 Å². The zero-order valence-electron chi connectivity index (χ0n) is 13.1. The standard InChI is InChI=1S/C16H22ClNO4/c1-10(2)8-13(16(20)21)18-15(19)7-4-11-9-12(17)5-6-14(11)22-3/h5-6,9-10,13H,4,7-8H2,1-3H3,(H,18,19)(H,20,21). The van der Waals surface area contributed by atoms with Crippen LogP contribution in [0.5, 0.6) is 5.75 Å². The van der Waals surface area contributed by atoms with Crippen LogP contribution in [-0.4, -0.2) is 30.1 Å². The van der Waals surface area contributed by atoms with Gasteiger partial charge in [-0.1, -0.05) is 25.4 Å². The average Bonchev–Trinajstić information content (AvgIpc) is 2.44. The van der Waals surface area contributed by atoms with E-state index in [1.807, 2.05) is 13.8 Å². The fraction of sp³-hybridized carbons (Fsp3) is 0.500. The minimum Gasteiger partial charge on any atom is -0.496 e. The molecule has 6 heteroatoms. The quantitative estimate of drug-likeness (QED) is 0.769. The first-order valence-electron chi connectivity index (χ1n) is 7.18. The predicted molar refractivity (Wildman–Crippen MR) is 85.3 cm³/mol. The Bertz CT molecular complexity index is 531. The Hall–Kier alpha value is -1.75. The molecule has 22 heavy (non-hydrogen) atoms. The maximum Gasteiger partial charge on any atom is 0.326 e. The number of carbonyl (C=O) groups excluding carboxylic acids is 1. The van der Waals surface area contributed by atoms with Crippen molar-refractivity contribution in [2.45, 2.75) is 39.2 Å². The molecule has 1 rings (SSSR count). The lowest BCUT2D eigenvalue weighted by atomic mass is 10.0. The molecule has 0 radical (unpaired) electrons. The highest BCUT2D eigenvalue weighted by Gasteiger charge is 2.21. The average molecular weight is 328 g/mol. The third-order valence-electron chi connectivity index (χ3n) is 3.20. The van der Waals surface area contributed by atoms with E-state index in [2.05, 4.69) is 5.32 Å². The molecular formula is C16H22ClNO4. The van der Waals surface area contributed by atoms with Crippen molar-refractivity contribution in [1.29, 1.82) is 0 Å². The summed E-state index contributed by atoms with van der Waals surface area (Å²) in [5.41, 5.74) is 0.820. The fourth-order valence-electron chi connectivity index (χ4n) is 2.15. The number of methoxy groups -OCH3 is 1. The van der Waals surface area contributed by atoms with Gasteiger partial charge in [0.1, 0.15) is 11.8 Å². The molecule has 0 aliphatic rings. The molecule has 1 amide bonds. The van der Waals surface area contributed by atoms with Crippen LogP contribution in [0.1, 0.15) is 32.3 Å². The van der Waals surface area contributed by atoms with Crippen molar-refractivity contribution in [2.24, 2.45) is 5.92 Å². The van der Waals surface area contributed by atoms with Crippen molar-refractivity contribution in [2.75, 3.05) is 7.11 Å². The summed E-state index contributed by atoms with van der Waals surface area (Å²) in [6.45, 7) is 3.83. The molecule has 1 unspecified atom stereocenters. The number of aliphatic carboxylic acids is 1. The lowest BCUT2D eigenvalue weighted by Crippen LogP contribution is -2.41. The lowest BCUT2D eigenvalue weighted by Gasteiger charge is -2.16. The van der Waals surface area contributed by atoms with E-state index in [0.29, 0.717) is 23.6 Å². The number of nitrogens with one attached hydrogen (secondary N) is 1. The van der Waals surface area contributed by atoms with Crippen LogP contribution in [0.3, 0.4) is 0 Å². The van der Waals surface area contributed by atoms with Gasteiger partial charge in [0.05, 0.1) is 7.11 Å². The number of aryl methyl sites for hydroxylation is 1. The number of ether oxygens (including phenoxy) is 1. The molecular weight excluding hydrogens is 306 g/mol. The van der Waals surface area contributed by atoms with Gasteiger partial charge in [0.2, 0.25) is 5.91 Å². The number of hydrogen-bond donors (Lipinski definition) is 2. The Morgan fingerprint density at radius 3 is 2.59 bits per heavy atom. The summed E-state index contributed by atoms with van der Waals surface area (Å²) in [5, 5.41) is 12.2. The van der Waals surface area contributed by atoms with Crippen LogP contribution in [0.4, 0.5) is 0 Å². The molecule has 0 aliphatic heterocycles. The van der Waals surface area contributed by atoms with E-state index >= 15 is 0 Å². The van der Waals surface area contributed by atoms with Gasteiger partial charge in [-0.3, -0.25) is 4.79 Å². The lowest BCUT2D eigenvalue weighted by molar-refractivity contribution is -0.142. The molecule has 0 aromatic heterocycles. The van der Waals surface area contributed by atoms with E-state index in [1.54, 1.807) is 25.3 Å². The zero-order chi connectivity index (χ0) is 16.7. The van der Waals surface area contributed by atoms with Gasteiger partial charge in [0.15, 0.2) is 0 Å². The van der Waals surface area contributed by atoms with E-state index in [4.69, 9.17) is 21.4 Å². The maximum absolute atomic E-state index is 11.9. The molecule has 0 spiro atoms. The van der Waals surface area contributed by atoms with E-state index in [-0.39, 0.29) is 18.2 Å². The third-order valence-corrected chi connectivity index (χ3v) is 3.44. The van der Waals surface area contributed by atoms with Crippen LogP contribution in [-0.2, 0) is 16.0 Å². The number of carboxylic acid groups (broad SMARTS) is 1. The van der Waals surface area contributed by atoms with E-state index in [9.17, 15) is 9.59 Å². The van der Waals surface area contributed by atoms with Crippen LogP contribution in [0.2, 0.25) is 5.02 Å². The second kappa shape index (κ2) is 8.63. The maximum atomic E-state index is 11.9. The molecule has 0 aliphatic carbocycles. The smallest absolute Gasteiger partial charge is 0.326 e. The summed E-state index contributed by atoms with van der Waals surface area (Å²) in [6, 6.07) is 4.35. The van der Waals surface area contributed by atoms with Gasteiger partial charge in [-0.15, -0.1) is 0 Å². The summed E-state index contributed by atoms with van der Waals surface area (Å²) in [6.07, 6.45) is 1.02. The molecule has 0 saturated carbocycles. The molecule has 1 aromatic rings. The van der Waals surface area contributed by atoms with Crippen molar-refractivity contribution in [1.82, 2.24) is 5.32 Å². The molecule has 122 valence electrons. The molecule has 1 aromatic carbocycles. The third kappa shape index (κ3) is 5.93. The van der Waals surface area contributed by atoms with Crippen LogP contribution in [0, 0.1) is 5.92 Å². The Kier molecular flexibility index (Phi) is 7.18. The summed E-state index contributed by atoms with van der Waals surface area (Å²) in [4.78, 5) is 23.1. The summed E-state index contributed by atoms with van der Waals surface area (Å²) in [7, 11) is 1.55. The Balaban J connectivity index is 2.62. The van der Waals surface area contributed by atoms with Crippen molar-refractivity contribution in [3.05, 3.63) is 28.8 Å². The van der Waals surface area contributed by atoms with Crippen molar-refractivity contribution in [3.63, 3.8) is 0 Å². The van der Waals surface area contributed by atoms with Crippen molar-refractivity contribution >= 4 is 23.5 Å². The number of amides is 1. The molecule has 0 bridgehead atoms. The molecule has 2 N–H and O–H groups in total. The molecule has 0 saturated heterocycles. The summed E-state index contributed by atoms with van der Waals surface area (Å²) in [5.74, 6) is -0.457. The first kappa shape index (κ1) is 18.3. The van der Waals surface area contributed by atoms with Gasteiger partial charge in [0, 0.05) is 11.4 Å². The first-order valence-corrected chi connectivity index (χ1v) is 7.55. The Morgan fingerprint density at radius 1 is 1.36 bits per heavy atom. The number of carboxylic acids is 1. The number of hydrogen-bond acceptors (Lipinski definition) is 3. The summed E-state index contributed by atoms with van der Waals surface area (Å²) >= 11 is 5.94. The Morgan fingerprint density at radius 2 is 2.05 bits per heavy atom. The fourth-order valence-corrected chi connectivity index (χ4v) is 2.34.